The number of hydrogen-bond donors (Lipinski definition) is 1. The smallest absolute Gasteiger partial charge is 0.0451 e. The van der Waals surface area contributed by atoms with Gasteiger partial charge in [-0.1, -0.05) is 27.5 Å². The molecule has 0 atom stereocenters. The molecule has 1 heterocycles. The number of hydrogen-bond acceptors (Lipinski definition) is 2. The SMILES string of the molecule is Cc1cc(CNCc2cc(Br)ccc2Cl)sc1C. The number of benzene rings is 1. The second kappa shape index (κ2) is 6.20. The van der Waals surface area contributed by atoms with Gasteiger partial charge in [0.15, 0.2) is 0 Å². The van der Waals surface area contributed by atoms with E-state index < -0.39 is 0 Å². The fourth-order valence-electron chi connectivity index (χ4n) is 1.74. The number of aryl methyl sites for hydroxylation is 2. The fraction of sp³-hybridized carbons (Fsp3) is 0.286. The van der Waals surface area contributed by atoms with Crippen LogP contribution in [0.15, 0.2) is 28.7 Å². The van der Waals surface area contributed by atoms with Crippen molar-refractivity contribution in [3.63, 3.8) is 0 Å². The van der Waals surface area contributed by atoms with Crippen LogP contribution in [-0.2, 0) is 13.1 Å². The fourth-order valence-corrected chi connectivity index (χ4v) is 3.35. The van der Waals surface area contributed by atoms with Gasteiger partial charge in [-0.2, -0.15) is 0 Å². The van der Waals surface area contributed by atoms with Gasteiger partial charge in [0.1, 0.15) is 0 Å². The molecule has 0 saturated carbocycles. The maximum atomic E-state index is 6.15. The Bertz CT molecular complexity index is 531. The molecule has 1 aromatic carbocycles. The molecular weight excluding hydrogens is 330 g/mol. The van der Waals surface area contributed by atoms with Gasteiger partial charge in [-0.05, 0) is 49.2 Å². The van der Waals surface area contributed by atoms with E-state index in [4.69, 9.17) is 11.6 Å². The standard InChI is InChI=1S/C14H15BrClNS/c1-9-5-13(18-10(9)2)8-17-7-11-6-12(15)3-4-14(11)16/h3-6,17H,7-8H2,1-2H3. The molecular formula is C14H15BrClNS. The third-order valence-corrected chi connectivity index (χ3v) is 4.85. The molecule has 0 fully saturated rings. The van der Waals surface area contributed by atoms with Crippen molar-refractivity contribution in [1.82, 2.24) is 5.32 Å². The van der Waals surface area contributed by atoms with Crippen LogP contribution in [0.5, 0.6) is 0 Å². The van der Waals surface area contributed by atoms with E-state index in [1.54, 1.807) is 0 Å². The Balaban J connectivity index is 1.94. The molecule has 0 aliphatic carbocycles. The van der Waals surface area contributed by atoms with Crippen molar-refractivity contribution >= 4 is 38.9 Å². The Morgan fingerprint density at radius 3 is 2.67 bits per heavy atom. The van der Waals surface area contributed by atoms with E-state index in [0.29, 0.717) is 0 Å². The van der Waals surface area contributed by atoms with E-state index in [9.17, 15) is 0 Å². The third-order valence-electron chi connectivity index (χ3n) is 2.84. The summed E-state index contributed by atoms with van der Waals surface area (Å²) in [6, 6.07) is 8.18. The zero-order chi connectivity index (χ0) is 13.1. The number of thiophene rings is 1. The first kappa shape index (κ1) is 14.1. The Kier molecular flexibility index (Phi) is 4.84. The summed E-state index contributed by atoms with van der Waals surface area (Å²) >= 11 is 11.5. The monoisotopic (exact) mass is 343 g/mol. The number of nitrogens with one attached hydrogen (secondary N) is 1. The van der Waals surface area contributed by atoms with Gasteiger partial charge in [0, 0.05) is 32.3 Å². The Hall–Kier alpha value is -0.350. The highest BCUT2D eigenvalue weighted by atomic mass is 79.9. The lowest BCUT2D eigenvalue weighted by atomic mass is 10.2. The normalized spacial score (nSPS) is 10.9. The van der Waals surface area contributed by atoms with Crippen LogP contribution in [0.3, 0.4) is 0 Å². The van der Waals surface area contributed by atoms with Gasteiger partial charge in [-0.3, -0.25) is 0 Å². The van der Waals surface area contributed by atoms with Crippen molar-refractivity contribution in [1.29, 1.82) is 0 Å². The lowest BCUT2D eigenvalue weighted by Crippen LogP contribution is -2.12. The third kappa shape index (κ3) is 3.58. The summed E-state index contributed by atoms with van der Waals surface area (Å²) < 4.78 is 1.06. The quantitative estimate of drug-likeness (QED) is 0.816. The van der Waals surface area contributed by atoms with E-state index in [1.165, 1.54) is 15.3 Å². The van der Waals surface area contributed by atoms with E-state index in [-0.39, 0.29) is 0 Å². The molecule has 0 saturated heterocycles. The molecule has 18 heavy (non-hydrogen) atoms. The van der Waals surface area contributed by atoms with Crippen LogP contribution >= 0.6 is 38.9 Å². The van der Waals surface area contributed by atoms with Crippen molar-refractivity contribution in [2.45, 2.75) is 26.9 Å². The number of halogens is 2. The van der Waals surface area contributed by atoms with E-state index in [0.717, 1.165) is 28.1 Å². The average molecular weight is 345 g/mol. The van der Waals surface area contributed by atoms with Gasteiger partial charge in [0.05, 0.1) is 0 Å². The summed E-state index contributed by atoms with van der Waals surface area (Å²) in [6.07, 6.45) is 0. The first-order valence-corrected chi connectivity index (χ1v) is 7.75. The van der Waals surface area contributed by atoms with Crippen LogP contribution in [0.1, 0.15) is 20.9 Å². The van der Waals surface area contributed by atoms with E-state index >= 15 is 0 Å². The molecule has 1 aromatic heterocycles. The van der Waals surface area contributed by atoms with Crippen LogP contribution in [0.4, 0.5) is 0 Å². The van der Waals surface area contributed by atoms with E-state index in [2.05, 4.69) is 47.2 Å². The number of rotatable bonds is 4. The lowest BCUT2D eigenvalue weighted by molar-refractivity contribution is 0.700. The highest BCUT2D eigenvalue weighted by Gasteiger charge is 2.03. The Labute approximate surface area is 125 Å². The molecule has 0 amide bonds. The van der Waals surface area contributed by atoms with Crippen molar-refractivity contribution in [2.24, 2.45) is 0 Å². The highest BCUT2D eigenvalue weighted by molar-refractivity contribution is 9.10. The second-order valence-corrected chi connectivity index (χ2v) is 6.95. The molecule has 2 rings (SSSR count). The molecule has 0 spiro atoms. The molecule has 4 heteroatoms. The van der Waals surface area contributed by atoms with Crippen LogP contribution in [-0.4, -0.2) is 0 Å². The second-order valence-electron chi connectivity index (χ2n) is 4.29. The predicted octanol–water partition coefficient (Wildman–Crippen LogP) is 5.07. The molecule has 1 N–H and O–H groups in total. The zero-order valence-corrected chi connectivity index (χ0v) is 13.5. The van der Waals surface area contributed by atoms with Crippen molar-refractivity contribution in [2.75, 3.05) is 0 Å². The minimum atomic E-state index is 0.786. The Morgan fingerprint density at radius 1 is 1.22 bits per heavy atom. The van der Waals surface area contributed by atoms with Crippen LogP contribution in [0.25, 0.3) is 0 Å². The predicted molar refractivity (Wildman–Crippen MR) is 83.5 cm³/mol. The summed E-state index contributed by atoms with van der Waals surface area (Å²) in [4.78, 5) is 2.77. The minimum Gasteiger partial charge on any atom is -0.308 e. The summed E-state index contributed by atoms with van der Waals surface area (Å²) in [7, 11) is 0. The van der Waals surface area contributed by atoms with Gasteiger partial charge in [-0.15, -0.1) is 11.3 Å². The molecule has 1 nitrogen and oxygen atoms in total. The molecule has 0 bridgehead atoms. The van der Waals surface area contributed by atoms with Gasteiger partial charge in [0.25, 0.3) is 0 Å². The topological polar surface area (TPSA) is 12.0 Å². The van der Waals surface area contributed by atoms with Gasteiger partial charge in [0.2, 0.25) is 0 Å². The van der Waals surface area contributed by atoms with Gasteiger partial charge in [-0.25, -0.2) is 0 Å². The molecule has 96 valence electrons. The summed E-state index contributed by atoms with van der Waals surface area (Å²) in [5, 5.41) is 4.24. The van der Waals surface area contributed by atoms with Gasteiger partial charge >= 0.3 is 0 Å². The van der Waals surface area contributed by atoms with Crippen LogP contribution < -0.4 is 5.32 Å². The maximum absolute atomic E-state index is 6.15. The van der Waals surface area contributed by atoms with Crippen molar-refractivity contribution in [3.8, 4) is 0 Å². The maximum Gasteiger partial charge on any atom is 0.0451 e. The van der Waals surface area contributed by atoms with Crippen molar-refractivity contribution in [3.05, 3.63) is 54.6 Å². The van der Waals surface area contributed by atoms with E-state index in [1.807, 2.05) is 23.5 Å². The molecule has 0 aliphatic rings. The van der Waals surface area contributed by atoms with Crippen LogP contribution in [0.2, 0.25) is 5.02 Å². The summed E-state index contributed by atoms with van der Waals surface area (Å²) in [6.45, 7) is 5.99. The average Bonchev–Trinajstić information content (AvgIpc) is 2.63. The largest absolute Gasteiger partial charge is 0.308 e. The summed E-state index contributed by atoms with van der Waals surface area (Å²) in [5.74, 6) is 0. The molecule has 0 radical (unpaired) electrons. The first-order valence-electron chi connectivity index (χ1n) is 5.77. The zero-order valence-electron chi connectivity index (χ0n) is 10.4. The van der Waals surface area contributed by atoms with Crippen molar-refractivity contribution < 1.29 is 0 Å². The van der Waals surface area contributed by atoms with Crippen LogP contribution in [0, 0.1) is 13.8 Å². The van der Waals surface area contributed by atoms with Gasteiger partial charge < -0.3 is 5.32 Å². The minimum absolute atomic E-state index is 0.786. The Morgan fingerprint density at radius 2 is 2.00 bits per heavy atom. The lowest BCUT2D eigenvalue weighted by Gasteiger charge is -2.06. The highest BCUT2D eigenvalue weighted by Crippen LogP contribution is 2.22. The molecule has 2 aromatic rings. The summed E-state index contributed by atoms with van der Waals surface area (Å²) in [5.41, 5.74) is 2.49. The molecule has 0 unspecified atom stereocenters. The first-order chi connectivity index (χ1) is 8.56. The molecule has 0 aliphatic heterocycles.